The second-order valence-electron chi connectivity index (χ2n) is 14.8. The molecule has 1 aromatic carbocycles. The van der Waals surface area contributed by atoms with Crippen molar-refractivity contribution >= 4 is 10.1 Å². The minimum absolute atomic E-state index is 0.178. The van der Waals surface area contributed by atoms with Crippen LogP contribution in [0.25, 0.3) is 0 Å². The zero-order valence-electron chi connectivity index (χ0n) is 34.3. The number of hydrogen-bond donors (Lipinski definition) is 4. The molecule has 0 unspecified atom stereocenters. The van der Waals surface area contributed by atoms with Crippen molar-refractivity contribution in [2.75, 3.05) is 0 Å². The van der Waals surface area contributed by atoms with Crippen LogP contribution < -0.4 is 0 Å². The monoisotopic (exact) mass is 883 g/mol. The van der Waals surface area contributed by atoms with Gasteiger partial charge >= 0.3 is 58.3 Å². The quantitative estimate of drug-likeness (QED) is 0.0304. The van der Waals surface area contributed by atoms with E-state index in [9.17, 15) is 13.0 Å². The average Bonchev–Trinajstić information content (AvgIpc) is 3.10. The molecule has 0 aliphatic carbocycles. The predicted octanol–water partition coefficient (Wildman–Crippen LogP) is 12.4. The van der Waals surface area contributed by atoms with Gasteiger partial charge in [-0.15, -0.1) is 0 Å². The summed E-state index contributed by atoms with van der Waals surface area (Å²) in [5.74, 6) is 0. The molecule has 1 aromatic rings. The van der Waals surface area contributed by atoms with Gasteiger partial charge in [-0.3, -0.25) is 4.55 Å². The summed E-state index contributed by atoms with van der Waals surface area (Å²) in [6, 6.07) is 3.75. The Balaban J connectivity index is 0. The van der Waals surface area contributed by atoms with Gasteiger partial charge in [-0.05, 0) is 61.3 Å². The molecule has 0 saturated carbocycles. The van der Waals surface area contributed by atoms with Crippen LogP contribution in [0.5, 0.6) is 0 Å². The molecule has 0 aliphatic heterocycles. The second-order valence-corrected chi connectivity index (χ2v) is 17.9. The molecule has 0 aromatic heterocycles. The van der Waals surface area contributed by atoms with Crippen molar-refractivity contribution in [3.8, 4) is 0 Å². The molecular weight excluding hydrogens is 804 g/mol. The minimum atomic E-state index is -4.23. The van der Waals surface area contributed by atoms with Gasteiger partial charge in [0, 0.05) is 0 Å². The summed E-state index contributed by atoms with van der Waals surface area (Å²) in [4.78, 5) is 0.178. The maximum atomic E-state index is 12.5. The molecule has 0 heterocycles. The molecule has 1 rings (SSSR count). The summed E-state index contributed by atoms with van der Waals surface area (Å²) in [5, 5.41) is 0. The third-order valence-electron chi connectivity index (χ3n) is 10.1. The Hall–Kier alpha value is 0.207. The standard InChI is InChI=1S/C42H78O3S.3H2O.2O.Ti.Zr/c1-4-7-10-13-16-19-22-25-28-31-34-39-37-38-42(46(43,44)45)41(36-33-30-27-24-21-18-15-12-9-6-3)40(39)35-32-29-26-23-20-17-14-11-8-5-2;;;;;;;/h37-38H,4-36H2,1-3H3,(H,43,44,45);3*1H2;;;;/q;;;;;;+1;+2/p-3. The summed E-state index contributed by atoms with van der Waals surface area (Å²) in [6.45, 7) is 6.82. The number of benzene rings is 1. The Kier molecular flexibility index (Phi) is 43.7. The zero-order valence-corrected chi connectivity index (χ0v) is 39.2. The topological polar surface area (TPSA) is 149 Å². The Bertz CT molecular complexity index is 1080. The van der Waals surface area contributed by atoms with Gasteiger partial charge in [-0.25, -0.2) is 0 Å². The van der Waals surface area contributed by atoms with Crippen molar-refractivity contribution in [2.45, 2.75) is 238 Å². The summed E-state index contributed by atoms with van der Waals surface area (Å²) in [7, 11) is -4.23. The van der Waals surface area contributed by atoms with Crippen LogP contribution in [0.1, 0.15) is 230 Å². The Morgan fingerprint density at radius 2 is 0.736 bits per heavy atom. The molecule has 0 fully saturated rings. The molecule has 0 spiro atoms. The first kappa shape index (κ1) is 55.3. The van der Waals surface area contributed by atoms with E-state index >= 15 is 0 Å². The third kappa shape index (κ3) is 37.5. The van der Waals surface area contributed by atoms with Crippen molar-refractivity contribution in [1.82, 2.24) is 0 Å². The van der Waals surface area contributed by atoms with Gasteiger partial charge in [0.05, 0.1) is 4.90 Å². The van der Waals surface area contributed by atoms with Gasteiger partial charge in [0.15, 0.2) is 0 Å². The van der Waals surface area contributed by atoms with E-state index in [0.29, 0.717) is 0 Å². The first-order valence-corrected chi connectivity index (χ1v) is 27.6. The van der Waals surface area contributed by atoms with Gasteiger partial charge in [0.2, 0.25) is 0 Å². The Morgan fingerprint density at radius 3 is 1.02 bits per heavy atom. The van der Waals surface area contributed by atoms with E-state index in [0.717, 1.165) is 44.1 Å². The molecule has 311 valence electrons. The molecule has 0 radical (unpaired) electrons. The van der Waals surface area contributed by atoms with E-state index in [1.807, 2.05) is 6.07 Å². The normalized spacial score (nSPS) is 11.0. The fourth-order valence-electron chi connectivity index (χ4n) is 7.16. The maximum absolute atomic E-state index is 12.5. The van der Waals surface area contributed by atoms with Crippen LogP contribution in [0.4, 0.5) is 0 Å². The van der Waals surface area contributed by atoms with Gasteiger partial charge in [-0.1, -0.05) is 200 Å². The summed E-state index contributed by atoms with van der Waals surface area (Å²) in [6.07, 6.45) is 41.7. The molecule has 8 nitrogen and oxygen atoms in total. The zero-order chi connectivity index (χ0) is 39.8. The van der Waals surface area contributed by atoms with E-state index in [1.54, 1.807) is 6.07 Å². The van der Waals surface area contributed by atoms with Gasteiger partial charge in [0.25, 0.3) is 10.1 Å². The molecule has 0 atom stereocenters. The Labute approximate surface area is 345 Å². The van der Waals surface area contributed by atoms with Crippen LogP contribution in [0.15, 0.2) is 17.0 Å². The fourth-order valence-corrected chi connectivity index (χ4v) is 7.94. The third-order valence-corrected chi connectivity index (χ3v) is 11.1. The first-order chi connectivity index (χ1) is 25.6. The molecule has 53 heavy (non-hydrogen) atoms. The van der Waals surface area contributed by atoms with E-state index in [1.165, 1.54) is 184 Å². The summed E-state index contributed by atoms with van der Waals surface area (Å²) in [5.41, 5.74) is 3.52. The van der Waals surface area contributed by atoms with Crippen LogP contribution in [0.2, 0.25) is 0 Å². The van der Waals surface area contributed by atoms with Crippen LogP contribution in [0.3, 0.4) is 0 Å². The molecule has 0 saturated heterocycles. The number of unbranched alkanes of at least 4 members (excludes halogenated alkanes) is 27. The average molecular weight is 885 g/mol. The van der Waals surface area contributed by atoms with E-state index < -0.39 is 52.3 Å². The van der Waals surface area contributed by atoms with Crippen molar-refractivity contribution in [3.05, 3.63) is 28.8 Å². The molecule has 4 N–H and O–H groups in total. The van der Waals surface area contributed by atoms with Crippen LogP contribution in [-0.2, 0) is 77.7 Å². The van der Waals surface area contributed by atoms with E-state index in [-0.39, 0.29) is 4.90 Å². The van der Waals surface area contributed by atoms with Gasteiger partial charge < -0.3 is 0 Å². The number of hydrogen-bond acceptors (Lipinski definition) is 4. The van der Waals surface area contributed by atoms with Crippen molar-refractivity contribution < 1.29 is 71.3 Å². The van der Waals surface area contributed by atoms with Crippen LogP contribution in [0, 0.1) is 0 Å². The molecule has 0 amide bonds. The fraction of sp³-hybridized carbons (Fsp3) is 0.857. The van der Waals surface area contributed by atoms with Crippen molar-refractivity contribution in [3.63, 3.8) is 0 Å². The molecule has 11 heteroatoms. The van der Waals surface area contributed by atoms with Gasteiger partial charge in [-0.2, -0.15) is 8.42 Å². The number of rotatable bonds is 34. The first-order valence-electron chi connectivity index (χ1n) is 21.6. The predicted molar refractivity (Wildman–Crippen MR) is 211 cm³/mol. The van der Waals surface area contributed by atoms with Crippen molar-refractivity contribution in [1.29, 1.82) is 0 Å². The summed E-state index contributed by atoms with van der Waals surface area (Å²) < 4.78 is 74.4. The SMILES string of the molecule is CCCCCCCCCCCCc1ccc(S(=O)(=O)O)c(CCCCCCCCCCCC)c1CCCCCCCCCCCC.[O]=[Ti][OH].[O]=[Zr]([OH])[OH]. The summed E-state index contributed by atoms with van der Waals surface area (Å²) >= 11 is -5.54. The van der Waals surface area contributed by atoms with Crippen molar-refractivity contribution in [2.24, 2.45) is 0 Å². The van der Waals surface area contributed by atoms with Gasteiger partial charge in [0.1, 0.15) is 0 Å². The molecule has 0 bridgehead atoms. The van der Waals surface area contributed by atoms with Crippen LogP contribution >= 0.6 is 0 Å². The van der Waals surface area contributed by atoms with E-state index in [2.05, 4.69) is 20.8 Å². The Morgan fingerprint density at radius 1 is 0.491 bits per heavy atom. The molecule has 0 aliphatic rings. The van der Waals surface area contributed by atoms with Crippen LogP contribution in [-0.4, -0.2) is 23.0 Å². The second kappa shape index (κ2) is 41.8. The number of aryl methyl sites for hydroxylation is 1. The van der Waals surface area contributed by atoms with E-state index in [4.69, 9.17) is 16.2 Å². The molecular formula is C42H81O8STiZr.